The molecule has 0 spiro atoms. The summed E-state index contributed by atoms with van der Waals surface area (Å²) < 4.78 is 29.1. The summed E-state index contributed by atoms with van der Waals surface area (Å²) in [6, 6.07) is 6.40. The number of nitrogens with zero attached hydrogens (tertiary/aromatic N) is 4. The number of benzene rings is 1. The van der Waals surface area contributed by atoms with Gasteiger partial charge in [-0.3, -0.25) is 9.47 Å². The van der Waals surface area contributed by atoms with E-state index in [4.69, 9.17) is 26.8 Å². The van der Waals surface area contributed by atoms with Crippen LogP contribution < -0.4 is 0 Å². The van der Waals surface area contributed by atoms with Crippen LogP contribution in [-0.4, -0.2) is 58.3 Å². The topological polar surface area (TPSA) is 44.5 Å². The average molecular weight is 378 g/mol. The van der Waals surface area contributed by atoms with E-state index in [1.165, 1.54) is 12.1 Å². The number of morpholine rings is 1. The molecule has 0 saturated carbocycles. The van der Waals surface area contributed by atoms with E-state index in [9.17, 15) is 4.39 Å². The third-order valence-electron chi connectivity index (χ3n) is 4.87. The highest BCUT2D eigenvalue weighted by atomic mass is 32.1. The Labute approximate surface area is 157 Å². The Bertz CT molecular complexity index is 793. The van der Waals surface area contributed by atoms with E-state index >= 15 is 0 Å². The predicted octanol–water partition coefficient (Wildman–Crippen LogP) is 2.69. The van der Waals surface area contributed by atoms with Gasteiger partial charge >= 0.3 is 0 Å². The van der Waals surface area contributed by atoms with Gasteiger partial charge in [-0.2, -0.15) is 5.10 Å². The lowest BCUT2D eigenvalue weighted by atomic mass is 10.2. The Balaban J connectivity index is 1.66. The minimum atomic E-state index is -0.259. The highest BCUT2D eigenvalue weighted by Gasteiger charge is 2.22. The van der Waals surface area contributed by atoms with Crippen molar-refractivity contribution in [3.8, 4) is 11.4 Å². The molecular formula is C18H23FN4O2S. The number of hydrogen-bond donors (Lipinski definition) is 0. The van der Waals surface area contributed by atoms with Gasteiger partial charge in [-0.05, 0) is 49.3 Å². The van der Waals surface area contributed by atoms with Gasteiger partial charge in [0.25, 0.3) is 0 Å². The molecule has 0 radical (unpaired) electrons. The Morgan fingerprint density at radius 2 is 1.92 bits per heavy atom. The fraction of sp³-hybridized carbons (Fsp3) is 0.556. The van der Waals surface area contributed by atoms with Crippen LogP contribution in [0.1, 0.15) is 12.8 Å². The van der Waals surface area contributed by atoms with Crippen molar-refractivity contribution < 1.29 is 13.9 Å². The lowest BCUT2D eigenvalue weighted by Crippen LogP contribution is -2.37. The Morgan fingerprint density at radius 1 is 1.15 bits per heavy atom. The van der Waals surface area contributed by atoms with Crippen LogP contribution >= 0.6 is 12.2 Å². The van der Waals surface area contributed by atoms with Crippen molar-refractivity contribution in [2.45, 2.75) is 32.2 Å². The maximum atomic E-state index is 13.3. The van der Waals surface area contributed by atoms with Crippen molar-refractivity contribution in [1.82, 2.24) is 19.2 Å². The SMILES string of the molecule is Fc1ccc(-c2nn(CN3CCOCC3)c(=S)n2C[C@H]2CCCO2)cc1. The van der Waals surface area contributed by atoms with Gasteiger partial charge in [0.15, 0.2) is 10.6 Å². The Kier molecular flexibility index (Phi) is 5.44. The van der Waals surface area contributed by atoms with Gasteiger partial charge in [-0.1, -0.05) is 0 Å². The molecule has 26 heavy (non-hydrogen) atoms. The predicted molar refractivity (Wildman–Crippen MR) is 97.8 cm³/mol. The number of rotatable bonds is 5. The minimum Gasteiger partial charge on any atom is -0.379 e. The van der Waals surface area contributed by atoms with Crippen LogP contribution in [0.25, 0.3) is 11.4 Å². The molecule has 0 N–H and O–H groups in total. The summed E-state index contributed by atoms with van der Waals surface area (Å²) in [5.41, 5.74) is 0.858. The van der Waals surface area contributed by atoms with Gasteiger partial charge in [-0.25, -0.2) is 9.07 Å². The van der Waals surface area contributed by atoms with E-state index in [-0.39, 0.29) is 11.9 Å². The van der Waals surface area contributed by atoms with Gasteiger partial charge in [0.05, 0.1) is 32.5 Å². The molecule has 0 amide bonds. The third kappa shape index (κ3) is 3.88. The zero-order chi connectivity index (χ0) is 17.9. The molecule has 140 valence electrons. The summed E-state index contributed by atoms with van der Waals surface area (Å²) in [6.45, 7) is 5.30. The zero-order valence-corrected chi connectivity index (χ0v) is 15.5. The van der Waals surface area contributed by atoms with Crippen molar-refractivity contribution in [3.05, 3.63) is 34.9 Å². The molecule has 1 atom stereocenters. The molecule has 2 aliphatic heterocycles. The molecule has 8 heteroatoms. The van der Waals surface area contributed by atoms with E-state index in [0.29, 0.717) is 18.0 Å². The van der Waals surface area contributed by atoms with Crippen LogP contribution in [-0.2, 0) is 22.7 Å². The third-order valence-corrected chi connectivity index (χ3v) is 5.30. The largest absolute Gasteiger partial charge is 0.379 e. The maximum absolute atomic E-state index is 13.3. The summed E-state index contributed by atoms with van der Waals surface area (Å²) >= 11 is 5.72. The number of hydrogen-bond acceptors (Lipinski definition) is 5. The smallest absolute Gasteiger partial charge is 0.199 e. The van der Waals surface area contributed by atoms with Crippen LogP contribution in [0.4, 0.5) is 4.39 Å². The molecule has 3 heterocycles. The molecule has 1 aromatic heterocycles. The van der Waals surface area contributed by atoms with Crippen LogP contribution in [0, 0.1) is 10.6 Å². The Hall–Kier alpha value is -1.61. The van der Waals surface area contributed by atoms with Gasteiger partial charge in [0, 0.05) is 25.3 Å². The van der Waals surface area contributed by atoms with Gasteiger partial charge in [0.1, 0.15) is 5.82 Å². The molecular weight excluding hydrogens is 355 g/mol. The van der Waals surface area contributed by atoms with E-state index in [1.54, 1.807) is 12.1 Å². The highest BCUT2D eigenvalue weighted by Crippen LogP contribution is 2.22. The first-order chi connectivity index (χ1) is 12.7. The number of halogens is 1. The second kappa shape index (κ2) is 7.96. The van der Waals surface area contributed by atoms with Gasteiger partial charge in [0.2, 0.25) is 0 Å². The zero-order valence-electron chi connectivity index (χ0n) is 14.6. The van der Waals surface area contributed by atoms with Crippen molar-refractivity contribution in [3.63, 3.8) is 0 Å². The second-order valence-corrected chi connectivity index (χ2v) is 7.10. The average Bonchev–Trinajstić information content (AvgIpc) is 3.27. The minimum absolute atomic E-state index is 0.155. The summed E-state index contributed by atoms with van der Waals surface area (Å²) in [5, 5.41) is 4.76. The van der Waals surface area contributed by atoms with Crippen molar-refractivity contribution in [1.29, 1.82) is 0 Å². The van der Waals surface area contributed by atoms with Crippen molar-refractivity contribution in [2.24, 2.45) is 0 Å². The van der Waals surface area contributed by atoms with Gasteiger partial charge in [-0.15, -0.1) is 0 Å². The maximum Gasteiger partial charge on any atom is 0.199 e. The molecule has 4 rings (SSSR count). The van der Waals surface area contributed by atoms with Crippen LogP contribution in [0.2, 0.25) is 0 Å². The van der Waals surface area contributed by atoms with Crippen molar-refractivity contribution >= 4 is 12.2 Å². The molecule has 2 fully saturated rings. The normalized spacial score (nSPS) is 21.3. The molecule has 2 saturated heterocycles. The second-order valence-electron chi connectivity index (χ2n) is 6.73. The van der Waals surface area contributed by atoms with E-state index < -0.39 is 0 Å². The van der Waals surface area contributed by atoms with E-state index in [2.05, 4.69) is 4.90 Å². The van der Waals surface area contributed by atoms with Crippen LogP contribution in [0.3, 0.4) is 0 Å². The number of aromatic nitrogens is 3. The molecule has 6 nitrogen and oxygen atoms in total. The fourth-order valence-corrected chi connectivity index (χ4v) is 3.69. The monoisotopic (exact) mass is 378 g/mol. The summed E-state index contributed by atoms with van der Waals surface area (Å²) in [7, 11) is 0. The lowest BCUT2D eigenvalue weighted by molar-refractivity contribution is 0.0209. The Morgan fingerprint density at radius 3 is 2.62 bits per heavy atom. The molecule has 1 aromatic carbocycles. The van der Waals surface area contributed by atoms with Crippen LogP contribution in [0.15, 0.2) is 24.3 Å². The number of ether oxygens (including phenoxy) is 2. The quantitative estimate of drug-likeness (QED) is 0.749. The fourth-order valence-electron chi connectivity index (χ4n) is 3.43. The standard InChI is InChI=1S/C18H23FN4O2S/c19-15-5-3-14(4-6-15)17-20-23(13-21-7-10-24-11-8-21)18(26)22(17)12-16-2-1-9-25-16/h3-6,16H,1-2,7-13H2/t16-/m1/s1. The summed E-state index contributed by atoms with van der Waals surface area (Å²) in [4.78, 5) is 2.27. The highest BCUT2D eigenvalue weighted by molar-refractivity contribution is 7.71. The molecule has 2 aromatic rings. The van der Waals surface area contributed by atoms with Crippen molar-refractivity contribution in [2.75, 3.05) is 32.9 Å². The molecule has 0 bridgehead atoms. The first-order valence-corrected chi connectivity index (χ1v) is 9.47. The first-order valence-electron chi connectivity index (χ1n) is 9.06. The summed E-state index contributed by atoms with van der Waals surface area (Å²) in [5.74, 6) is 0.504. The van der Waals surface area contributed by atoms with Gasteiger partial charge < -0.3 is 9.47 Å². The van der Waals surface area contributed by atoms with E-state index in [0.717, 1.165) is 57.1 Å². The molecule has 0 unspecified atom stereocenters. The summed E-state index contributed by atoms with van der Waals surface area (Å²) in [6.07, 6.45) is 2.26. The van der Waals surface area contributed by atoms with E-state index in [1.807, 2.05) is 9.25 Å². The van der Waals surface area contributed by atoms with Crippen LogP contribution in [0.5, 0.6) is 0 Å². The lowest BCUT2D eigenvalue weighted by Gasteiger charge is -2.26. The molecule has 0 aliphatic carbocycles. The first kappa shape index (κ1) is 17.8. The molecule has 2 aliphatic rings.